The van der Waals surface area contributed by atoms with Gasteiger partial charge in [-0.2, -0.15) is 8.78 Å². The van der Waals surface area contributed by atoms with Gasteiger partial charge in [-0.1, -0.05) is 0 Å². The molecule has 1 fully saturated rings. The summed E-state index contributed by atoms with van der Waals surface area (Å²) in [6.07, 6.45) is -2.53. The molecular formula is C7H9F2NO2. The van der Waals surface area contributed by atoms with Crippen molar-refractivity contribution in [3.05, 3.63) is 0 Å². The molecule has 1 amide bonds. The molecule has 0 aromatic rings. The van der Waals surface area contributed by atoms with E-state index in [0.29, 0.717) is 0 Å². The van der Waals surface area contributed by atoms with E-state index < -0.39 is 12.3 Å². The maximum Gasteiger partial charge on any atom is 0.315 e. The molecule has 0 atom stereocenters. The zero-order valence-electron chi connectivity index (χ0n) is 6.43. The molecule has 0 radical (unpaired) electrons. The lowest BCUT2D eigenvalue weighted by molar-refractivity contribution is -0.144. The largest absolute Gasteiger partial charge is 0.337 e. The van der Waals surface area contributed by atoms with Gasteiger partial charge in [0.1, 0.15) is 5.78 Å². The average Bonchev–Trinajstić information content (AvgIpc) is 2.04. The number of Topliss-reactive ketones (excluding diaryl/α,β-unsaturated/α-hetero) is 1. The number of carbonyl (C=O) groups excluding carboxylic acids is 2. The minimum absolute atomic E-state index is 0.0355. The minimum Gasteiger partial charge on any atom is -0.337 e. The second kappa shape index (κ2) is 3.60. The van der Waals surface area contributed by atoms with Crippen molar-refractivity contribution in [2.75, 3.05) is 13.1 Å². The van der Waals surface area contributed by atoms with Gasteiger partial charge in [0.05, 0.1) is 0 Å². The summed E-state index contributed by atoms with van der Waals surface area (Å²) in [4.78, 5) is 22.4. The Kier molecular flexibility index (Phi) is 2.73. The first-order valence-electron chi connectivity index (χ1n) is 3.70. The van der Waals surface area contributed by atoms with E-state index >= 15 is 0 Å². The van der Waals surface area contributed by atoms with Crippen LogP contribution in [0.4, 0.5) is 8.78 Å². The zero-order valence-corrected chi connectivity index (χ0v) is 6.43. The third kappa shape index (κ3) is 1.99. The Morgan fingerprint density at radius 2 is 1.83 bits per heavy atom. The number of halogens is 2. The molecular weight excluding hydrogens is 168 g/mol. The van der Waals surface area contributed by atoms with Crippen molar-refractivity contribution in [3.8, 4) is 0 Å². The molecule has 0 aromatic heterocycles. The highest BCUT2D eigenvalue weighted by atomic mass is 19.3. The molecule has 5 heteroatoms. The molecule has 0 bridgehead atoms. The van der Waals surface area contributed by atoms with Crippen molar-refractivity contribution in [1.29, 1.82) is 0 Å². The summed E-state index contributed by atoms with van der Waals surface area (Å²) in [5.41, 5.74) is 0. The number of likely N-dealkylation sites (tertiary alicyclic amines) is 1. The van der Waals surface area contributed by atoms with Gasteiger partial charge in [-0.25, -0.2) is 0 Å². The van der Waals surface area contributed by atoms with Gasteiger partial charge in [0.2, 0.25) is 0 Å². The molecule has 1 aliphatic heterocycles. The van der Waals surface area contributed by atoms with Gasteiger partial charge in [-0.15, -0.1) is 0 Å². The monoisotopic (exact) mass is 177 g/mol. The number of hydrogen-bond donors (Lipinski definition) is 0. The van der Waals surface area contributed by atoms with Gasteiger partial charge in [0.15, 0.2) is 0 Å². The quantitative estimate of drug-likeness (QED) is 0.583. The lowest BCUT2D eigenvalue weighted by Crippen LogP contribution is -2.41. The molecule has 12 heavy (non-hydrogen) atoms. The molecule has 0 N–H and O–H groups in total. The second-order valence-electron chi connectivity index (χ2n) is 2.66. The van der Waals surface area contributed by atoms with Crippen LogP contribution >= 0.6 is 0 Å². The Morgan fingerprint density at radius 1 is 1.33 bits per heavy atom. The Balaban J connectivity index is 2.44. The van der Waals surface area contributed by atoms with Crippen molar-refractivity contribution in [2.45, 2.75) is 19.3 Å². The van der Waals surface area contributed by atoms with E-state index in [1.165, 1.54) is 0 Å². The Hall–Kier alpha value is -1.00. The van der Waals surface area contributed by atoms with E-state index in [-0.39, 0.29) is 31.7 Å². The van der Waals surface area contributed by atoms with Gasteiger partial charge in [0, 0.05) is 25.9 Å². The average molecular weight is 177 g/mol. The number of nitrogens with zero attached hydrogens (tertiary/aromatic N) is 1. The van der Waals surface area contributed by atoms with E-state index in [2.05, 4.69) is 0 Å². The van der Waals surface area contributed by atoms with Crippen molar-refractivity contribution >= 4 is 11.7 Å². The fourth-order valence-electron chi connectivity index (χ4n) is 1.11. The van der Waals surface area contributed by atoms with E-state index in [1.807, 2.05) is 0 Å². The van der Waals surface area contributed by atoms with Crippen LogP contribution in [0.1, 0.15) is 12.8 Å². The maximum absolute atomic E-state index is 11.8. The van der Waals surface area contributed by atoms with Crippen LogP contribution in [-0.2, 0) is 9.59 Å². The SMILES string of the molecule is O=C1CCN(C(=O)C(F)F)CC1. The Morgan fingerprint density at radius 3 is 2.25 bits per heavy atom. The highest BCUT2D eigenvalue weighted by Gasteiger charge is 2.26. The summed E-state index contributed by atoms with van der Waals surface area (Å²) in [6, 6.07) is 0. The normalized spacial score (nSPS) is 18.6. The first-order chi connectivity index (χ1) is 5.61. The van der Waals surface area contributed by atoms with E-state index in [0.717, 1.165) is 4.90 Å². The predicted octanol–water partition coefficient (Wildman–Crippen LogP) is 0.443. The fraction of sp³-hybridized carbons (Fsp3) is 0.714. The van der Waals surface area contributed by atoms with Crippen LogP contribution in [0.25, 0.3) is 0 Å². The van der Waals surface area contributed by atoms with Gasteiger partial charge in [0.25, 0.3) is 5.91 Å². The lowest BCUT2D eigenvalue weighted by atomic mass is 10.1. The molecule has 3 nitrogen and oxygen atoms in total. The molecule has 1 aliphatic rings. The molecule has 0 saturated carbocycles. The van der Waals surface area contributed by atoms with Gasteiger partial charge >= 0.3 is 6.43 Å². The molecule has 0 unspecified atom stereocenters. The van der Waals surface area contributed by atoms with Crippen LogP contribution in [0, 0.1) is 0 Å². The summed E-state index contributed by atoms with van der Waals surface area (Å²) in [7, 11) is 0. The minimum atomic E-state index is -2.95. The van der Waals surface area contributed by atoms with E-state index in [1.54, 1.807) is 0 Å². The Bertz CT molecular complexity index is 196. The second-order valence-corrected chi connectivity index (χ2v) is 2.66. The molecule has 0 aliphatic carbocycles. The fourth-order valence-corrected chi connectivity index (χ4v) is 1.11. The molecule has 68 valence electrons. The van der Waals surface area contributed by atoms with E-state index in [4.69, 9.17) is 0 Å². The van der Waals surface area contributed by atoms with Crippen LogP contribution < -0.4 is 0 Å². The number of alkyl halides is 2. The van der Waals surface area contributed by atoms with Crippen LogP contribution in [-0.4, -0.2) is 36.1 Å². The van der Waals surface area contributed by atoms with Crippen LogP contribution in [0.2, 0.25) is 0 Å². The predicted molar refractivity (Wildman–Crippen MR) is 36.8 cm³/mol. The van der Waals surface area contributed by atoms with Crippen LogP contribution in [0.15, 0.2) is 0 Å². The number of rotatable bonds is 1. The molecule has 1 saturated heterocycles. The number of ketones is 1. The molecule has 1 rings (SSSR count). The third-order valence-corrected chi connectivity index (χ3v) is 1.82. The summed E-state index contributed by atoms with van der Waals surface area (Å²) >= 11 is 0. The summed E-state index contributed by atoms with van der Waals surface area (Å²) in [5.74, 6) is -1.13. The smallest absolute Gasteiger partial charge is 0.315 e. The first kappa shape index (κ1) is 9.09. The highest BCUT2D eigenvalue weighted by Crippen LogP contribution is 2.09. The van der Waals surface area contributed by atoms with Gasteiger partial charge in [-0.3, -0.25) is 9.59 Å². The van der Waals surface area contributed by atoms with Crippen molar-refractivity contribution in [2.24, 2.45) is 0 Å². The lowest BCUT2D eigenvalue weighted by Gasteiger charge is -2.25. The number of carbonyl (C=O) groups is 2. The standard InChI is InChI=1S/C7H9F2NO2/c8-6(9)7(12)10-3-1-5(11)2-4-10/h6H,1-4H2. The topological polar surface area (TPSA) is 37.4 Å². The first-order valence-corrected chi connectivity index (χ1v) is 3.70. The highest BCUT2D eigenvalue weighted by molar-refractivity contribution is 5.84. The van der Waals surface area contributed by atoms with E-state index in [9.17, 15) is 18.4 Å². The maximum atomic E-state index is 11.8. The summed E-state index contributed by atoms with van der Waals surface area (Å²) < 4.78 is 23.7. The molecule has 0 spiro atoms. The summed E-state index contributed by atoms with van der Waals surface area (Å²) in [5, 5.41) is 0. The van der Waals surface area contributed by atoms with Crippen molar-refractivity contribution in [3.63, 3.8) is 0 Å². The number of piperidine rings is 1. The van der Waals surface area contributed by atoms with Crippen molar-refractivity contribution < 1.29 is 18.4 Å². The zero-order chi connectivity index (χ0) is 9.14. The van der Waals surface area contributed by atoms with Gasteiger partial charge < -0.3 is 4.90 Å². The third-order valence-electron chi connectivity index (χ3n) is 1.82. The molecule has 0 aromatic carbocycles. The Labute approximate surface area is 68.3 Å². The molecule has 1 heterocycles. The van der Waals surface area contributed by atoms with Crippen LogP contribution in [0.3, 0.4) is 0 Å². The van der Waals surface area contributed by atoms with Gasteiger partial charge in [-0.05, 0) is 0 Å². The van der Waals surface area contributed by atoms with Crippen molar-refractivity contribution in [1.82, 2.24) is 4.90 Å². The van der Waals surface area contributed by atoms with Crippen LogP contribution in [0.5, 0.6) is 0 Å². The number of hydrogen-bond acceptors (Lipinski definition) is 2. The summed E-state index contributed by atoms with van der Waals surface area (Å²) in [6.45, 7) is 0.282. The number of amides is 1.